The van der Waals surface area contributed by atoms with E-state index in [-0.39, 0.29) is 0 Å². The van der Waals surface area contributed by atoms with Crippen LogP contribution in [-0.4, -0.2) is 5.78 Å². The zero-order valence-corrected chi connectivity index (χ0v) is 10.9. The highest BCUT2D eigenvalue weighted by molar-refractivity contribution is 7.08. The maximum absolute atomic E-state index is 12.0. The molecule has 0 atom stereocenters. The van der Waals surface area contributed by atoms with Crippen LogP contribution in [0.1, 0.15) is 30.4 Å². The van der Waals surface area contributed by atoms with Crippen molar-refractivity contribution < 1.29 is 4.79 Å². The summed E-state index contributed by atoms with van der Waals surface area (Å²) in [4.78, 5) is 12.0. The van der Waals surface area contributed by atoms with E-state index in [4.69, 9.17) is 0 Å². The van der Waals surface area contributed by atoms with Gasteiger partial charge in [0.15, 0.2) is 5.78 Å². The second-order valence-corrected chi connectivity index (χ2v) is 5.71. The van der Waals surface area contributed by atoms with Crippen LogP contribution in [0.5, 0.6) is 0 Å². The molecule has 0 unspecified atom stereocenters. The number of Topliss-reactive ketones (excluding diaryl/α,β-unsaturated/α-hetero) is 1. The van der Waals surface area contributed by atoms with Crippen molar-refractivity contribution in [3.8, 4) is 0 Å². The molecule has 0 aliphatic heterocycles. The number of carbonyl (C=O) groups excluding carboxylic acids is 1. The molecule has 1 fully saturated rings. The van der Waals surface area contributed by atoms with E-state index in [9.17, 15) is 4.79 Å². The zero-order chi connectivity index (χ0) is 11.7. The molecule has 1 aliphatic rings. The molecule has 1 aliphatic carbocycles. The molecule has 3 rings (SSSR count). The zero-order valence-electron chi connectivity index (χ0n) is 9.31. The molecule has 1 nitrogen and oxygen atoms in total. The first-order valence-electron chi connectivity index (χ1n) is 5.68. The first-order valence-corrected chi connectivity index (χ1v) is 7.56. The largest absolute Gasteiger partial charge is 0.295 e. The van der Waals surface area contributed by atoms with Gasteiger partial charge in [-0.1, -0.05) is 0 Å². The molecule has 17 heavy (non-hydrogen) atoms. The second kappa shape index (κ2) is 4.59. The maximum atomic E-state index is 12.0. The van der Waals surface area contributed by atoms with E-state index in [2.05, 4.69) is 33.7 Å². The van der Waals surface area contributed by atoms with Gasteiger partial charge in [0.05, 0.1) is 0 Å². The van der Waals surface area contributed by atoms with Gasteiger partial charge in [0, 0.05) is 12.0 Å². The van der Waals surface area contributed by atoms with Gasteiger partial charge in [0.25, 0.3) is 0 Å². The van der Waals surface area contributed by atoms with Crippen LogP contribution in [0.4, 0.5) is 0 Å². The molecular formula is C14H12OS2. The number of rotatable bonds is 2. The highest BCUT2D eigenvalue weighted by Gasteiger charge is 2.23. The van der Waals surface area contributed by atoms with Crippen LogP contribution in [0.15, 0.2) is 39.2 Å². The van der Waals surface area contributed by atoms with Gasteiger partial charge in [-0.05, 0) is 63.2 Å². The molecule has 0 aromatic carbocycles. The molecule has 2 aromatic rings. The summed E-state index contributed by atoms with van der Waals surface area (Å²) in [5.41, 5.74) is 4.58. The molecule has 0 radical (unpaired) electrons. The Balaban J connectivity index is 2.19. The van der Waals surface area contributed by atoms with E-state index in [1.807, 2.05) is 0 Å². The molecule has 0 saturated heterocycles. The highest BCUT2D eigenvalue weighted by Crippen LogP contribution is 2.35. The predicted molar refractivity (Wildman–Crippen MR) is 73.5 cm³/mol. The van der Waals surface area contributed by atoms with Crippen LogP contribution in [0.3, 0.4) is 0 Å². The molecule has 0 spiro atoms. The van der Waals surface area contributed by atoms with Crippen LogP contribution >= 0.6 is 22.7 Å². The fraction of sp³-hybridized carbons (Fsp3) is 0.214. The lowest BCUT2D eigenvalue weighted by molar-refractivity contribution is -0.114. The van der Waals surface area contributed by atoms with Gasteiger partial charge in [-0.25, -0.2) is 0 Å². The normalized spacial score (nSPS) is 15.5. The van der Waals surface area contributed by atoms with E-state index in [1.54, 1.807) is 22.7 Å². The molecule has 86 valence electrons. The lowest BCUT2D eigenvalue weighted by Crippen LogP contribution is -1.97. The Morgan fingerprint density at radius 3 is 2.06 bits per heavy atom. The van der Waals surface area contributed by atoms with E-state index >= 15 is 0 Å². The number of thiophene rings is 2. The fourth-order valence-corrected chi connectivity index (χ4v) is 3.60. The van der Waals surface area contributed by atoms with Crippen molar-refractivity contribution in [2.75, 3.05) is 0 Å². The van der Waals surface area contributed by atoms with Gasteiger partial charge >= 0.3 is 0 Å². The monoisotopic (exact) mass is 260 g/mol. The Morgan fingerprint density at radius 1 is 1.00 bits per heavy atom. The Labute approximate surface area is 108 Å². The highest BCUT2D eigenvalue weighted by atomic mass is 32.1. The number of hydrogen-bond acceptors (Lipinski definition) is 3. The molecule has 0 N–H and O–H groups in total. The van der Waals surface area contributed by atoms with Crippen molar-refractivity contribution >= 4 is 34.0 Å². The van der Waals surface area contributed by atoms with Crippen molar-refractivity contribution in [1.29, 1.82) is 0 Å². The van der Waals surface area contributed by atoms with E-state index in [0.29, 0.717) is 12.2 Å². The lowest BCUT2D eigenvalue weighted by atomic mass is 9.95. The Kier molecular flexibility index (Phi) is 2.95. The Hall–Kier alpha value is -1.19. The molecular weight excluding hydrogens is 248 g/mol. The summed E-state index contributed by atoms with van der Waals surface area (Å²) in [6, 6.07) is 4.21. The predicted octanol–water partition coefficient (Wildman–Crippen LogP) is 4.36. The van der Waals surface area contributed by atoms with Crippen molar-refractivity contribution in [2.24, 2.45) is 0 Å². The smallest absolute Gasteiger partial charge is 0.159 e. The third-order valence-electron chi connectivity index (χ3n) is 3.09. The van der Waals surface area contributed by atoms with Gasteiger partial charge in [-0.3, -0.25) is 4.79 Å². The molecule has 3 heteroatoms. The van der Waals surface area contributed by atoms with E-state index < -0.39 is 0 Å². The van der Waals surface area contributed by atoms with Crippen LogP contribution in [-0.2, 0) is 4.79 Å². The third-order valence-corrected chi connectivity index (χ3v) is 4.46. The van der Waals surface area contributed by atoms with Gasteiger partial charge < -0.3 is 0 Å². The van der Waals surface area contributed by atoms with E-state index in [0.717, 1.165) is 24.0 Å². The molecule has 0 amide bonds. The van der Waals surface area contributed by atoms with Crippen LogP contribution in [0.25, 0.3) is 5.57 Å². The van der Waals surface area contributed by atoms with Crippen LogP contribution in [0.2, 0.25) is 0 Å². The topological polar surface area (TPSA) is 17.1 Å². The van der Waals surface area contributed by atoms with Gasteiger partial charge in [0.1, 0.15) is 0 Å². The third kappa shape index (κ3) is 2.01. The number of ketones is 1. The summed E-state index contributed by atoms with van der Waals surface area (Å²) in [6.07, 6.45) is 2.65. The average Bonchev–Trinajstić information content (AvgIpc) is 3.04. The number of carbonyl (C=O) groups is 1. The van der Waals surface area contributed by atoms with Crippen molar-refractivity contribution in [3.63, 3.8) is 0 Å². The molecule has 1 saturated carbocycles. The minimum atomic E-state index is 0.331. The van der Waals surface area contributed by atoms with Gasteiger partial charge in [0.2, 0.25) is 0 Å². The van der Waals surface area contributed by atoms with Crippen molar-refractivity contribution in [2.45, 2.75) is 19.3 Å². The molecule has 2 aromatic heterocycles. The van der Waals surface area contributed by atoms with Crippen molar-refractivity contribution in [3.05, 3.63) is 50.4 Å². The van der Waals surface area contributed by atoms with Crippen LogP contribution < -0.4 is 0 Å². The summed E-state index contributed by atoms with van der Waals surface area (Å²) >= 11 is 3.37. The average molecular weight is 260 g/mol. The summed E-state index contributed by atoms with van der Waals surface area (Å²) in [5.74, 6) is 0.331. The Morgan fingerprint density at radius 2 is 1.65 bits per heavy atom. The van der Waals surface area contributed by atoms with Gasteiger partial charge in [-0.2, -0.15) is 22.7 Å². The van der Waals surface area contributed by atoms with Crippen molar-refractivity contribution in [1.82, 2.24) is 0 Å². The number of hydrogen-bond donors (Lipinski definition) is 0. The summed E-state index contributed by atoms with van der Waals surface area (Å²) < 4.78 is 0. The van der Waals surface area contributed by atoms with Crippen LogP contribution in [0, 0.1) is 0 Å². The first kappa shape index (κ1) is 10.9. The maximum Gasteiger partial charge on any atom is 0.159 e. The summed E-state index contributed by atoms with van der Waals surface area (Å²) in [5, 5.41) is 8.40. The van der Waals surface area contributed by atoms with Gasteiger partial charge in [-0.15, -0.1) is 0 Å². The fourth-order valence-electron chi connectivity index (χ4n) is 2.31. The minimum Gasteiger partial charge on any atom is -0.295 e. The number of allylic oxidation sites excluding steroid dienone is 1. The minimum absolute atomic E-state index is 0.331. The lowest BCUT2D eigenvalue weighted by Gasteiger charge is -2.07. The SMILES string of the molecule is O=C1CCCC1=C(c1ccsc1)c1ccsc1. The summed E-state index contributed by atoms with van der Waals surface area (Å²) in [6.45, 7) is 0. The first-order chi connectivity index (χ1) is 8.36. The second-order valence-electron chi connectivity index (χ2n) is 4.15. The van der Waals surface area contributed by atoms with E-state index in [1.165, 1.54) is 11.1 Å². The summed E-state index contributed by atoms with van der Waals surface area (Å²) in [7, 11) is 0. The molecule has 0 bridgehead atoms. The standard InChI is InChI=1S/C14H12OS2/c15-13-3-1-2-12(13)14(10-4-6-16-8-10)11-5-7-17-9-11/h4-9H,1-3H2. The molecule has 2 heterocycles. The quantitative estimate of drug-likeness (QED) is 0.733. The Bertz CT molecular complexity index is 511.